The number of rotatable bonds is 9. The molecule has 2 amide bonds. The Labute approximate surface area is 211 Å². The molecule has 3 N–H and O–H groups in total. The van der Waals surface area contributed by atoms with Crippen LogP contribution in [-0.4, -0.2) is 17.9 Å². The lowest BCUT2D eigenvalue weighted by Crippen LogP contribution is -2.48. The predicted octanol–water partition coefficient (Wildman–Crippen LogP) is 4.50. The van der Waals surface area contributed by atoms with Gasteiger partial charge in [0.25, 0.3) is 0 Å². The molecule has 0 radical (unpaired) electrons. The van der Waals surface area contributed by atoms with E-state index >= 15 is 0 Å². The van der Waals surface area contributed by atoms with Crippen molar-refractivity contribution >= 4 is 11.8 Å². The number of nitriles is 1. The predicted molar refractivity (Wildman–Crippen MR) is 140 cm³/mol. The Kier molecular flexibility index (Phi) is 7.57. The van der Waals surface area contributed by atoms with Gasteiger partial charge in [-0.25, -0.2) is 0 Å². The zero-order valence-corrected chi connectivity index (χ0v) is 19.8. The van der Waals surface area contributed by atoms with Crippen molar-refractivity contribution in [1.82, 2.24) is 5.32 Å². The minimum Gasteiger partial charge on any atom is -0.368 e. The van der Waals surface area contributed by atoms with Gasteiger partial charge in [0.1, 0.15) is 6.04 Å². The zero-order chi connectivity index (χ0) is 25.4. The number of amides is 2. The summed E-state index contributed by atoms with van der Waals surface area (Å²) in [4.78, 5) is 25.9. The van der Waals surface area contributed by atoms with Gasteiger partial charge < -0.3 is 11.1 Å². The van der Waals surface area contributed by atoms with Gasteiger partial charge >= 0.3 is 0 Å². The number of carbonyl (C=O) groups is 2. The van der Waals surface area contributed by atoms with E-state index in [-0.39, 0.29) is 18.7 Å². The van der Waals surface area contributed by atoms with Crippen molar-refractivity contribution in [3.63, 3.8) is 0 Å². The summed E-state index contributed by atoms with van der Waals surface area (Å²) in [6.45, 7) is 0. The van der Waals surface area contributed by atoms with Crippen molar-refractivity contribution in [2.24, 2.45) is 5.73 Å². The fourth-order valence-electron chi connectivity index (χ4n) is 4.69. The Morgan fingerprint density at radius 2 is 1.28 bits per heavy atom. The summed E-state index contributed by atoms with van der Waals surface area (Å²) in [7, 11) is 0. The van der Waals surface area contributed by atoms with Crippen LogP contribution in [0.5, 0.6) is 0 Å². The SMILES string of the molecule is N#Cc1cccc(C[C@H](NC(=O)CC(c2ccccc2)(c2ccccc2)c2ccccc2)C(N)=O)c1. The molecule has 4 aromatic carbocycles. The number of primary amides is 1. The van der Waals surface area contributed by atoms with Crippen LogP contribution >= 0.6 is 0 Å². The quantitative estimate of drug-likeness (QED) is 0.351. The van der Waals surface area contributed by atoms with Crippen molar-refractivity contribution in [2.75, 3.05) is 0 Å². The number of nitrogens with zero attached hydrogens (tertiary/aromatic N) is 1. The number of benzene rings is 4. The van der Waals surface area contributed by atoms with Gasteiger partial charge in [-0.3, -0.25) is 9.59 Å². The van der Waals surface area contributed by atoms with Crippen molar-refractivity contribution in [3.05, 3.63) is 143 Å². The van der Waals surface area contributed by atoms with Crippen molar-refractivity contribution < 1.29 is 9.59 Å². The molecular weight excluding hydrogens is 446 g/mol. The first-order valence-corrected chi connectivity index (χ1v) is 11.8. The second-order valence-electron chi connectivity index (χ2n) is 8.72. The molecule has 5 heteroatoms. The summed E-state index contributed by atoms with van der Waals surface area (Å²) in [5.41, 5.74) is 9.04. The third-order valence-corrected chi connectivity index (χ3v) is 6.40. The minimum absolute atomic E-state index is 0.0764. The summed E-state index contributed by atoms with van der Waals surface area (Å²) in [5, 5.41) is 12.1. The zero-order valence-electron chi connectivity index (χ0n) is 19.8. The van der Waals surface area contributed by atoms with E-state index in [4.69, 9.17) is 5.73 Å². The highest BCUT2D eigenvalue weighted by Gasteiger charge is 2.39. The van der Waals surface area contributed by atoms with E-state index in [0.717, 1.165) is 22.3 Å². The monoisotopic (exact) mass is 473 g/mol. The summed E-state index contributed by atoms with van der Waals surface area (Å²) in [5.74, 6) is -0.928. The molecule has 4 aromatic rings. The Bertz CT molecular complexity index is 1270. The molecule has 4 rings (SSSR count). The van der Waals surface area contributed by atoms with Crippen LogP contribution in [0.1, 0.15) is 34.2 Å². The van der Waals surface area contributed by atoms with E-state index in [1.807, 2.05) is 97.1 Å². The van der Waals surface area contributed by atoms with E-state index in [1.54, 1.807) is 18.2 Å². The Morgan fingerprint density at radius 3 is 1.72 bits per heavy atom. The van der Waals surface area contributed by atoms with E-state index in [0.29, 0.717) is 5.56 Å². The standard InChI is InChI=1S/C31H27N3O2/c32-22-24-12-10-11-23(19-24)20-28(30(33)36)34-29(35)21-31(25-13-4-1-5-14-25,26-15-6-2-7-16-26)27-17-8-3-9-18-27/h1-19,28H,20-21H2,(H2,33,36)(H,34,35)/t28-/m0/s1. The van der Waals surface area contributed by atoms with Crippen LogP contribution in [0.3, 0.4) is 0 Å². The second kappa shape index (κ2) is 11.2. The van der Waals surface area contributed by atoms with Crippen molar-refractivity contribution in [3.8, 4) is 6.07 Å². The summed E-state index contributed by atoms with van der Waals surface area (Å²) >= 11 is 0. The summed E-state index contributed by atoms with van der Waals surface area (Å²) in [6.07, 6.45) is 0.276. The normalized spacial score (nSPS) is 11.8. The first kappa shape index (κ1) is 24.4. The first-order chi connectivity index (χ1) is 17.5. The largest absolute Gasteiger partial charge is 0.368 e. The molecule has 178 valence electrons. The third kappa shape index (κ3) is 5.34. The molecule has 0 heterocycles. The highest BCUT2D eigenvalue weighted by atomic mass is 16.2. The fourth-order valence-corrected chi connectivity index (χ4v) is 4.69. The Balaban J connectivity index is 1.72. The Hall–Kier alpha value is -4.69. The maximum absolute atomic E-state index is 13.6. The fraction of sp³-hybridized carbons (Fsp3) is 0.129. The summed E-state index contributed by atoms with van der Waals surface area (Å²) < 4.78 is 0. The van der Waals surface area contributed by atoms with Crippen LogP contribution in [0.25, 0.3) is 0 Å². The average molecular weight is 474 g/mol. The van der Waals surface area contributed by atoms with E-state index in [9.17, 15) is 14.9 Å². The molecule has 0 bridgehead atoms. The lowest BCUT2D eigenvalue weighted by molar-refractivity contribution is -0.127. The molecule has 0 fully saturated rings. The molecule has 0 spiro atoms. The van der Waals surface area contributed by atoms with Crippen LogP contribution in [0.2, 0.25) is 0 Å². The van der Waals surface area contributed by atoms with Gasteiger partial charge in [-0.1, -0.05) is 103 Å². The molecule has 0 aromatic heterocycles. The van der Waals surface area contributed by atoms with Crippen molar-refractivity contribution in [2.45, 2.75) is 24.3 Å². The van der Waals surface area contributed by atoms with Crippen molar-refractivity contribution in [1.29, 1.82) is 5.26 Å². The van der Waals surface area contributed by atoms with Crippen LogP contribution < -0.4 is 11.1 Å². The topological polar surface area (TPSA) is 96.0 Å². The molecule has 5 nitrogen and oxygen atoms in total. The molecule has 0 aliphatic heterocycles. The lowest BCUT2D eigenvalue weighted by Gasteiger charge is -2.36. The maximum Gasteiger partial charge on any atom is 0.240 e. The molecule has 36 heavy (non-hydrogen) atoms. The van der Waals surface area contributed by atoms with Gasteiger partial charge in [-0.05, 0) is 34.4 Å². The smallest absolute Gasteiger partial charge is 0.240 e. The molecule has 0 unspecified atom stereocenters. The number of hydrogen-bond acceptors (Lipinski definition) is 3. The maximum atomic E-state index is 13.6. The molecule has 0 aliphatic rings. The number of hydrogen-bond donors (Lipinski definition) is 2. The average Bonchev–Trinajstić information content (AvgIpc) is 2.93. The Morgan fingerprint density at radius 1 is 0.778 bits per heavy atom. The van der Waals surface area contributed by atoms with Crippen LogP contribution in [0, 0.1) is 11.3 Å². The van der Waals surface area contributed by atoms with E-state index < -0.39 is 17.4 Å². The first-order valence-electron chi connectivity index (χ1n) is 11.8. The molecule has 0 saturated carbocycles. The highest BCUT2D eigenvalue weighted by Crippen LogP contribution is 2.42. The lowest BCUT2D eigenvalue weighted by atomic mass is 9.67. The second-order valence-corrected chi connectivity index (χ2v) is 8.72. The van der Waals surface area contributed by atoms with E-state index in [1.165, 1.54) is 0 Å². The van der Waals surface area contributed by atoms with Crippen LogP contribution in [0.4, 0.5) is 0 Å². The highest BCUT2D eigenvalue weighted by molar-refractivity contribution is 5.88. The van der Waals surface area contributed by atoms with Gasteiger partial charge in [-0.2, -0.15) is 5.26 Å². The molecule has 0 aliphatic carbocycles. The minimum atomic E-state index is -0.911. The van der Waals surface area contributed by atoms with Gasteiger partial charge in [0, 0.05) is 12.8 Å². The third-order valence-electron chi connectivity index (χ3n) is 6.40. The van der Waals surface area contributed by atoms with Crippen LogP contribution in [-0.2, 0) is 21.4 Å². The molecular formula is C31H27N3O2. The van der Waals surface area contributed by atoms with Gasteiger partial charge in [-0.15, -0.1) is 0 Å². The number of nitrogens with two attached hydrogens (primary N) is 1. The van der Waals surface area contributed by atoms with Crippen LogP contribution in [0.15, 0.2) is 115 Å². The van der Waals surface area contributed by atoms with E-state index in [2.05, 4.69) is 11.4 Å². The number of nitrogens with one attached hydrogen (secondary N) is 1. The van der Waals surface area contributed by atoms with Gasteiger partial charge in [0.2, 0.25) is 11.8 Å². The molecule has 1 atom stereocenters. The summed E-state index contributed by atoms with van der Waals surface area (Å²) in [6, 6.07) is 37.9. The van der Waals surface area contributed by atoms with Gasteiger partial charge in [0.05, 0.1) is 17.0 Å². The number of carbonyl (C=O) groups excluding carboxylic acids is 2. The van der Waals surface area contributed by atoms with Gasteiger partial charge in [0.15, 0.2) is 0 Å². The molecule has 0 saturated heterocycles.